The van der Waals surface area contributed by atoms with Crippen LogP contribution in [0.2, 0.25) is 5.02 Å². The predicted molar refractivity (Wildman–Crippen MR) is 107 cm³/mol. The Morgan fingerprint density at radius 2 is 1.96 bits per heavy atom. The maximum Gasteiger partial charge on any atom is 0.195 e. The Bertz CT molecular complexity index is 1030. The van der Waals surface area contributed by atoms with Gasteiger partial charge in [-0.05, 0) is 36.6 Å². The first-order valence-corrected chi connectivity index (χ1v) is 9.50. The fourth-order valence-electron chi connectivity index (χ4n) is 3.03. The zero-order chi connectivity index (χ0) is 17.4. The van der Waals surface area contributed by atoms with Gasteiger partial charge in [0.1, 0.15) is 11.5 Å². The maximum atomic E-state index is 6.05. The van der Waals surface area contributed by atoms with Gasteiger partial charge in [-0.2, -0.15) is 0 Å². The quantitative estimate of drug-likeness (QED) is 0.456. The Morgan fingerprint density at radius 1 is 1.16 bits per heavy atom. The van der Waals surface area contributed by atoms with Gasteiger partial charge in [0.2, 0.25) is 0 Å². The van der Waals surface area contributed by atoms with Gasteiger partial charge in [0.25, 0.3) is 0 Å². The molecule has 3 nitrogen and oxygen atoms in total. The van der Waals surface area contributed by atoms with Crippen molar-refractivity contribution in [2.75, 3.05) is 5.32 Å². The first-order valence-electron chi connectivity index (χ1n) is 8.24. The topological polar surface area (TPSA) is 29.3 Å². The van der Waals surface area contributed by atoms with Crippen molar-refractivity contribution in [3.8, 4) is 11.3 Å². The Morgan fingerprint density at radius 3 is 2.72 bits per heavy atom. The average Bonchev–Trinajstić information content (AvgIpc) is 3.20. The third-order valence-electron chi connectivity index (χ3n) is 4.36. The molecule has 0 saturated carbocycles. The lowest BCUT2D eigenvalue weighted by Gasteiger charge is -2.15. The molecule has 2 aromatic heterocycles. The third-order valence-corrected chi connectivity index (χ3v) is 5.37. The molecule has 0 fully saturated rings. The first kappa shape index (κ1) is 16.2. The number of nitrogens with one attached hydrogen (secondary N) is 1. The zero-order valence-electron chi connectivity index (χ0n) is 14.1. The highest BCUT2D eigenvalue weighted by Crippen LogP contribution is 2.35. The lowest BCUT2D eigenvalue weighted by molar-refractivity contribution is 1.12. The van der Waals surface area contributed by atoms with Gasteiger partial charge in [-0.25, -0.2) is 4.98 Å². The number of para-hydroxylation sites is 1. The smallest absolute Gasteiger partial charge is 0.195 e. The lowest BCUT2D eigenvalue weighted by atomic mass is 10.1. The largest absolute Gasteiger partial charge is 0.339 e. The van der Waals surface area contributed by atoms with Crippen LogP contribution in [0.15, 0.2) is 54.0 Å². The summed E-state index contributed by atoms with van der Waals surface area (Å²) in [5.74, 6) is 0.988. The predicted octanol–water partition coefficient (Wildman–Crippen LogP) is 6.33. The molecule has 4 rings (SSSR count). The molecular formula is C20H18ClN3S. The van der Waals surface area contributed by atoms with Gasteiger partial charge in [-0.3, -0.25) is 4.40 Å². The number of imidazole rings is 1. The van der Waals surface area contributed by atoms with Crippen molar-refractivity contribution in [3.05, 3.63) is 70.2 Å². The molecule has 0 atom stereocenters. The summed E-state index contributed by atoms with van der Waals surface area (Å²) in [6, 6.07) is 14.2. The second kappa shape index (κ2) is 6.54. The lowest BCUT2D eigenvalue weighted by Crippen LogP contribution is -2.01. The van der Waals surface area contributed by atoms with Crippen LogP contribution in [0, 0.1) is 6.92 Å². The molecule has 0 aliphatic rings. The van der Waals surface area contributed by atoms with Crippen LogP contribution in [-0.4, -0.2) is 9.38 Å². The summed E-state index contributed by atoms with van der Waals surface area (Å²) in [6.07, 6.45) is 3.03. The monoisotopic (exact) mass is 367 g/mol. The minimum atomic E-state index is 0.728. The number of fused-ring (bicyclic) bond motifs is 1. The van der Waals surface area contributed by atoms with Gasteiger partial charge < -0.3 is 5.32 Å². The molecule has 5 heteroatoms. The second-order valence-electron chi connectivity index (χ2n) is 5.96. The number of aromatic nitrogens is 2. The molecule has 25 heavy (non-hydrogen) atoms. The van der Waals surface area contributed by atoms with Crippen LogP contribution in [0.3, 0.4) is 0 Å². The number of thiazole rings is 1. The summed E-state index contributed by atoms with van der Waals surface area (Å²) < 4.78 is 2.11. The van der Waals surface area contributed by atoms with Crippen molar-refractivity contribution in [1.82, 2.24) is 9.38 Å². The molecule has 0 unspecified atom stereocenters. The van der Waals surface area contributed by atoms with Crippen molar-refractivity contribution in [3.63, 3.8) is 0 Å². The summed E-state index contributed by atoms with van der Waals surface area (Å²) in [5, 5.41) is 6.44. The molecule has 0 amide bonds. The van der Waals surface area contributed by atoms with E-state index in [9.17, 15) is 0 Å². The van der Waals surface area contributed by atoms with Gasteiger partial charge >= 0.3 is 0 Å². The molecule has 2 heterocycles. The number of anilines is 2. The molecule has 0 aliphatic heterocycles. The van der Waals surface area contributed by atoms with E-state index in [1.54, 1.807) is 11.3 Å². The van der Waals surface area contributed by atoms with Crippen molar-refractivity contribution in [2.45, 2.75) is 20.3 Å². The SMILES string of the molecule is CCc1cccc(C)c1Nc1c(-c2ccc(Cl)cc2)nc2sccn12. The summed E-state index contributed by atoms with van der Waals surface area (Å²) in [6.45, 7) is 4.31. The molecule has 0 spiro atoms. The maximum absolute atomic E-state index is 6.05. The fourth-order valence-corrected chi connectivity index (χ4v) is 3.87. The van der Waals surface area contributed by atoms with E-state index >= 15 is 0 Å². The van der Waals surface area contributed by atoms with Crippen LogP contribution in [0.4, 0.5) is 11.5 Å². The van der Waals surface area contributed by atoms with E-state index in [4.69, 9.17) is 16.6 Å². The zero-order valence-corrected chi connectivity index (χ0v) is 15.7. The average molecular weight is 368 g/mol. The molecule has 0 radical (unpaired) electrons. The molecule has 1 N–H and O–H groups in total. The van der Waals surface area contributed by atoms with E-state index in [0.29, 0.717) is 0 Å². The van der Waals surface area contributed by atoms with Gasteiger partial charge in [0, 0.05) is 27.9 Å². The first-order chi connectivity index (χ1) is 12.2. The molecule has 0 aliphatic carbocycles. The highest BCUT2D eigenvalue weighted by atomic mass is 35.5. The van der Waals surface area contributed by atoms with E-state index in [1.807, 2.05) is 24.3 Å². The van der Waals surface area contributed by atoms with Crippen LogP contribution in [0.25, 0.3) is 16.2 Å². The van der Waals surface area contributed by atoms with Crippen LogP contribution in [-0.2, 0) is 6.42 Å². The Labute approximate surface area is 155 Å². The molecule has 2 aromatic carbocycles. The Kier molecular flexibility index (Phi) is 4.24. The second-order valence-corrected chi connectivity index (χ2v) is 7.27. The van der Waals surface area contributed by atoms with Crippen LogP contribution < -0.4 is 5.32 Å². The van der Waals surface area contributed by atoms with Crippen molar-refractivity contribution < 1.29 is 0 Å². The number of halogens is 1. The van der Waals surface area contributed by atoms with E-state index in [-0.39, 0.29) is 0 Å². The molecular weight excluding hydrogens is 350 g/mol. The normalized spacial score (nSPS) is 11.2. The highest BCUT2D eigenvalue weighted by Gasteiger charge is 2.17. The van der Waals surface area contributed by atoms with Crippen LogP contribution >= 0.6 is 22.9 Å². The summed E-state index contributed by atoms with van der Waals surface area (Å²) >= 11 is 7.68. The Balaban J connectivity index is 1.88. The minimum Gasteiger partial charge on any atom is -0.339 e. The number of benzene rings is 2. The van der Waals surface area contributed by atoms with Gasteiger partial charge in [-0.15, -0.1) is 11.3 Å². The number of aryl methyl sites for hydroxylation is 2. The Hall–Kier alpha value is -2.30. The highest BCUT2D eigenvalue weighted by molar-refractivity contribution is 7.15. The summed E-state index contributed by atoms with van der Waals surface area (Å²) in [5.41, 5.74) is 5.68. The van der Waals surface area contributed by atoms with Gasteiger partial charge in [-0.1, -0.05) is 48.9 Å². The van der Waals surface area contributed by atoms with E-state index in [1.165, 1.54) is 11.1 Å². The molecule has 0 saturated heterocycles. The van der Waals surface area contributed by atoms with Gasteiger partial charge in [0.15, 0.2) is 4.96 Å². The van der Waals surface area contributed by atoms with Crippen molar-refractivity contribution in [1.29, 1.82) is 0 Å². The minimum absolute atomic E-state index is 0.728. The standard InChI is InChI=1S/C20H18ClN3S/c1-3-14-6-4-5-13(2)17(14)22-19-18(15-7-9-16(21)10-8-15)23-20-24(19)11-12-25-20/h4-12,22H,3H2,1-2H3. The molecule has 4 aromatic rings. The summed E-state index contributed by atoms with van der Waals surface area (Å²) in [4.78, 5) is 5.80. The fraction of sp³-hybridized carbons (Fsp3) is 0.150. The molecule has 0 bridgehead atoms. The molecule has 126 valence electrons. The van der Waals surface area contributed by atoms with E-state index < -0.39 is 0 Å². The number of rotatable bonds is 4. The van der Waals surface area contributed by atoms with Crippen molar-refractivity contribution in [2.24, 2.45) is 0 Å². The van der Waals surface area contributed by atoms with Crippen molar-refractivity contribution >= 4 is 39.4 Å². The number of hydrogen-bond donors (Lipinski definition) is 1. The third kappa shape index (κ3) is 2.92. The summed E-state index contributed by atoms with van der Waals surface area (Å²) in [7, 11) is 0. The van der Waals surface area contributed by atoms with E-state index in [0.717, 1.165) is 39.2 Å². The number of hydrogen-bond acceptors (Lipinski definition) is 3. The van der Waals surface area contributed by atoms with Gasteiger partial charge in [0.05, 0.1) is 0 Å². The number of nitrogens with zero attached hydrogens (tertiary/aromatic N) is 2. The van der Waals surface area contributed by atoms with E-state index in [2.05, 4.69) is 53.3 Å². The van der Waals surface area contributed by atoms with Crippen LogP contribution in [0.1, 0.15) is 18.1 Å². The van der Waals surface area contributed by atoms with Crippen LogP contribution in [0.5, 0.6) is 0 Å².